The predicted octanol–water partition coefficient (Wildman–Crippen LogP) is 2.28. The summed E-state index contributed by atoms with van der Waals surface area (Å²) in [6.45, 7) is 3.42. The Hall–Kier alpha value is -1.53. The van der Waals surface area contributed by atoms with E-state index in [0.29, 0.717) is 0 Å². The molecule has 3 heteroatoms. The van der Waals surface area contributed by atoms with Gasteiger partial charge in [0.2, 0.25) is 0 Å². The lowest BCUT2D eigenvalue weighted by Gasteiger charge is -2.23. The highest BCUT2D eigenvalue weighted by atomic mass is 16.5. The van der Waals surface area contributed by atoms with Crippen molar-refractivity contribution in [2.75, 3.05) is 7.11 Å². The van der Waals surface area contributed by atoms with Gasteiger partial charge in [-0.2, -0.15) is 5.26 Å². The van der Waals surface area contributed by atoms with Crippen molar-refractivity contribution >= 4 is 0 Å². The van der Waals surface area contributed by atoms with Crippen LogP contribution in [0, 0.1) is 16.7 Å². The lowest BCUT2D eigenvalue weighted by molar-refractivity contribution is 0.0867. The summed E-state index contributed by atoms with van der Waals surface area (Å²) < 4.78 is 5.01. The molecule has 0 aliphatic carbocycles. The van der Waals surface area contributed by atoms with Gasteiger partial charge in [0, 0.05) is 0 Å². The first-order chi connectivity index (χ1) is 7.01. The molecule has 3 nitrogen and oxygen atoms in total. The zero-order valence-corrected chi connectivity index (χ0v) is 9.19. The van der Waals surface area contributed by atoms with Crippen LogP contribution in [0.3, 0.4) is 0 Å². The van der Waals surface area contributed by atoms with Crippen molar-refractivity contribution in [1.29, 1.82) is 5.26 Å². The maximum Gasteiger partial charge on any atom is 0.118 e. The second-order valence-electron chi connectivity index (χ2n) is 4.01. The molecule has 0 amide bonds. The van der Waals surface area contributed by atoms with E-state index in [1.54, 1.807) is 45.2 Å². The lowest BCUT2D eigenvalue weighted by Crippen LogP contribution is -2.19. The van der Waals surface area contributed by atoms with E-state index in [-0.39, 0.29) is 0 Å². The lowest BCUT2D eigenvalue weighted by atomic mass is 9.84. The molecule has 0 aromatic heterocycles. The normalized spacial score (nSPS) is 13.0. The Balaban J connectivity index is 2.93. The summed E-state index contributed by atoms with van der Waals surface area (Å²) >= 11 is 0. The first-order valence-electron chi connectivity index (χ1n) is 4.74. The van der Waals surface area contributed by atoms with Gasteiger partial charge >= 0.3 is 0 Å². The van der Waals surface area contributed by atoms with Gasteiger partial charge in [-0.15, -0.1) is 0 Å². The fourth-order valence-electron chi connectivity index (χ4n) is 1.26. The van der Waals surface area contributed by atoms with Gasteiger partial charge in [-0.05, 0) is 31.5 Å². The predicted molar refractivity (Wildman–Crippen MR) is 57.3 cm³/mol. The van der Waals surface area contributed by atoms with Gasteiger partial charge in [0.25, 0.3) is 0 Å². The van der Waals surface area contributed by atoms with Crippen molar-refractivity contribution in [2.45, 2.75) is 20.0 Å². The molecular formula is C12H15NO2. The largest absolute Gasteiger partial charge is 0.497 e. The summed E-state index contributed by atoms with van der Waals surface area (Å²) in [5.74, 6) is 0.737. The molecule has 0 radical (unpaired) electrons. The second kappa shape index (κ2) is 4.33. The molecule has 0 aliphatic rings. The number of ether oxygens (including phenoxy) is 1. The summed E-state index contributed by atoms with van der Waals surface area (Å²) in [6, 6.07) is 9.16. The van der Waals surface area contributed by atoms with Crippen LogP contribution in [0.2, 0.25) is 0 Å². The van der Waals surface area contributed by atoms with Crippen LogP contribution in [-0.4, -0.2) is 12.2 Å². The number of rotatable bonds is 3. The fraction of sp³-hybridized carbons (Fsp3) is 0.417. The molecule has 1 aromatic rings. The number of aliphatic hydroxyl groups is 1. The summed E-state index contributed by atoms with van der Waals surface area (Å²) in [7, 11) is 1.59. The number of hydrogen-bond acceptors (Lipinski definition) is 3. The second-order valence-corrected chi connectivity index (χ2v) is 4.01. The number of aliphatic hydroxyl groups excluding tert-OH is 1. The van der Waals surface area contributed by atoms with Crippen LogP contribution in [0.5, 0.6) is 5.75 Å². The Bertz CT molecular complexity index is 362. The van der Waals surface area contributed by atoms with Crippen molar-refractivity contribution in [3.8, 4) is 11.8 Å². The summed E-state index contributed by atoms with van der Waals surface area (Å²) in [5.41, 5.74) is -0.0587. The van der Waals surface area contributed by atoms with Crippen molar-refractivity contribution < 1.29 is 9.84 Å². The summed E-state index contributed by atoms with van der Waals surface area (Å²) in [6.07, 6.45) is -0.784. The highest BCUT2D eigenvalue weighted by Crippen LogP contribution is 2.32. The Morgan fingerprint density at radius 3 is 2.27 bits per heavy atom. The van der Waals surface area contributed by atoms with Crippen molar-refractivity contribution in [1.82, 2.24) is 0 Å². The van der Waals surface area contributed by atoms with Crippen LogP contribution in [0.1, 0.15) is 25.5 Å². The molecular weight excluding hydrogens is 190 g/mol. The zero-order valence-electron chi connectivity index (χ0n) is 9.19. The maximum atomic E-state index is 9.95. The van der Waals surface area contributed by atoms with Crippen LogP contribution in [0.15, 0.2) is 24.3 Å². The van der Waals surface area contributed by atoms with E-state index in [1.165, 1.54) is 0 Å². The van der Waals surface area contributed by atoms with Gasteiger partial charge in [-0.1, -0.05) is 12.1 Å². The molecule has 0 aliphatic heterocycles. The van der Waals surface area contributed by atoms with E-state index >= 15 is 0 Å². The average Bonchev–Trinajstić information content (AvgIpc) is 2.28. The number of nitriles is 1. The highest BCUT2D eigenvalue weighted by molar-refractivity contribution is 5.30. The number of hydrogen-bond donors (Lipinski definition) is 1. The fourth-order valence-corrected chi connectivity index (χ4v) is 1.26. The monoisotopic (exact) mass is 205 g/mol. The molecule has 0 heterocycles. The van der Waals surface area contributed by atoms with Crippen LogP contribution < -0.4 is 4.74 Å². The van der Waals surface area contributed by atoms with E-state index in [0.717, 1.165) is 11.3 Å². The average molecular weight is 205 g/mol. The minimum Gasteiger partial charge on any atom is -0.497 e. The Morgan fingerprint density at radius 1 is 1.33 bits per heavy atom. The molecule has 0 fully saturated rings. The van der Waals surface area contributed by atoms with Crippen molar-refractivity contribution in [3.63, 3.8) is 0 Å². The molecule has 15 heavy (non-hydrogen) atoms. The Labute approximate surface area is 89.9 Å². The molecule has 1 N–H and O–H groups in total. The zero-order chi connectivity index (χ0) is 11.5. The van der Waals surface area contributed by atoms with E-state index in [1.807, 2.05) is 0 Å². The van der Waals surface area contributed by atoms with Crippen LogP contribution >= 0.6 is 0 Å². The van der Waals surface area contributed by atoms with E-state index in [9.17, 15) is 5.11 Å². The number of nitrogens with zero attached hydrogens (tertiary/aromatic N) is 1. The molecule has 80 valence electrons. The molecule has 0 spiro atoms. The van der Waals surface area contributed by atoms with E-state index in [4.69, 9.17) is 10.00 Å². The van der Waals surface area contributed by atoms with E-state index < -0.39 is 11.5 Å². The van der Waals surface area contributed by atoms with Gasteiger partial charge in [0.05, 0.1) is 24.7 Å². The Kier molecular flexibility index (Phi) is 3.33. The van der Waals surface area contributed by atoms with E-state index in [2.05, 4.69) is 6.07 Å². The molecule has 1 rings (SSSR count). The first kappa shape index (κ1) is 11.5. The SMILES string of the molecule is COc1ccc([C@H](O)C(C)(C)C#N)cc1. The van der Waals surface area contributed by atoms with Crippen molar-refractivity contribution in [2.24, 2.45) is 5.41 Å². The molecule has 0 unspecified atom stereocenters. The molecule has 1 atom stereocenters. The third kappa shape index (κ3) is 2.48. The minimum atomic E-state index is -0.784. The maximum absolute atomic E-state index is 9.95. The quantitative estimate of drug-likeness (QED) is 0.823. The van der Waals surface area contributed by atoms with Gasteiger partial charge in [-0.25, -0.2) is 0 Å². The summed E-state index contributed by atoms with van der Waals surface area (Å²) in [5, 5.41) is 18.8. The molecule has 0 saturated heterocycles. The Morgan fingerprint density at radius 2 is 1.87 bits per heavy atom. The van der Waals surface area contributed by atoms with Crippen LogP contribution in [0.4, 0.5) is 0 Å². The number of methoxy groups -OCH3 is 1. The molecule has 0 saturated carbocycles. The standard InChI is InChI=1S/C12H15NO2/c1-12(2,8-13)11(14)9-4-6-10(15-3)7-5-9/h4-7,11,14H,1-3H3/t11-/m0/s1. The molecule has 0 bridgehead atoms. The minimum absolute atomic E-state index is 0.724. The topological polar surface area (TPSA) is 53.2 Å². The van der Waals surface area contributed by atoms with Crippen LogP contribution in [-0.2, 0) is 0 Å². The molecule has 1 aromatic carbocycles. The highest BCUT2D eigenvalue weighted by Gasteiger charge is 2.28. The third-order valence-corrected chi connectivity index (χ3v) is 2.40. The van der Waals surface area contributed by atoms with Gasteiger partial charge in [0.15, 0.2) is 0 Å². The van der Waals surface area contributed by atoms with Gasteiger partial charge in [-0.3, -0.25) is 0 Å². The summed E-state index contributed by atoms with van der Waals surface area (Å²) in [4.78, 5) is 0. The number of benzene rings is 1. The smallest absolute Gasteiger partial charge is 0.118 e. The first-order valence-corrected chi connectivity index (χ1v) is 4.74. The van der Waals surface area contributed by atoms with Gasteiger partial charge < -0.3 is 9.84 Å². The van der Waals surface area contributed by atoms with Gasteiger partial charge in [0.1, 0.15) is 5.75 Å². The van der Waals surface area contributed by atoms with Crippen LogP contribution in [0.25, 0.3) is 0 Å². The van der Waals surface area contributed by atoms with Crippen molar-refractivity contribution in [3.05, 3.63) is 29.8 Å². The third-order valence-electron chi connectivity index (χ3n) is 2.40.